The third-order valence-electron chi connectivity index (χ3n) is 10.9. The number of carbonyl (C=O) groups is 3. The van der Waals surface area contributed by atoms with Crippen molar-refractivity contribution >= 4 is 52.6 Å². The molecule has 2 unspecified atom stereocenters. The molecule has 8 rings (SSSR count). The number of nitrogens with one attached hydrogen (secondary N) is 3. The topological polar surface area (TPSA) is 145 Å². The van der Waals surface area contributed by atoms with Crippen LogP contribution in [0.1, 0.15) is 46.0 Å². The van der Waals surface area contributed by atoms with E-state index in [9.17, 15) is 14.4 Å². The van der Waals surface area contributed by atoms with Crippen LogP contribution in [-0.2, 0) is 34.0 Å². The third kappa shape index (κ3) is 8.31. The van der Waals surface area contributed by atoms with Crippen LogP contribution in [0.2, 0.25) is 5.02 Å². The Labute approximate surface area is 336 Å². The molecule has 3 aromatic carbocycles. The van der Waals surface area contributed by atoms with E-state index >= 15 is 0 Å². The average Bonchev–Trinajstić information content (AvgIpc) is 3.65. The van der Waals surface area contributed by atoms with Crippen molar-refractivity contribution < 1.29 is 19.1 Å². The van der Waals surface area contributed by atoms with Crippen molar-refractivity contribution in [3.63, 3.8) is 0 Å². The van der Waals surface area contributed by atoms with Crippen LogP contribution in [0.4, 0.5) is 27.9 Å². The summed E-state index contributed by atoms with van der Waals surface area (Å²) >= 11 is 6.05. The molecular formula is C43H44ClN9O4. The summed E-state index contributed by atoms with van der Waals surface area (Å²) in [6, 6.07) is 26.7. The quantitative estimate of drug-likeness (QED) is 0.138. The van der Waals surface area contributed by atoms with Crippen LogP contribution in [0, 0.1) is 25.7 Å². The number of halogens is 1. The molecule has 2 fully saturated rings. The van der Waals surface area contributed by atoms with Crippen LogP contribution in [0.3, 0.4) is 0 Å². The lowest BCUT2D eigenvalue weighted by molar-refractivity contribution is -0.196. The number of ether oxygens (including phenoxy) is 1. The van der Waals surface area contributed by atoms with Gasteiger partial charge in [-0.2, -0.15) is 4.98 Å². The molecule has 0 aliphatic carbocycles. The molecule has 0 bridgehead atoms. The Morgan fingerprint density at radius 1 is 0.860 bits per heavy atom. The van der Waals surface area contributed by atoms with Crippen molar-refractivity contribution in [2.45, 2.75) is 52.2 Å². The van der Waals surface area contributed by atoms with E-state index in [0.29, 0.717) is 55.9 Å². The zero-order chi connectivity index (χ0) is 39.6. The number of aryl methyl sites for hydroxylation is 2. The van der Waals surface area contributed by atoms with Gasteiger partial charge in [0.15, 0.2) is 0 Å². The molecule has 3 aliphatic rings. The number of pyridine rings is 1. The Morgan fingerprint density at radius 2 is 1.54 bits per heavy atom. The van der Waals surface area contributed by atoms with Crippen LogP contribution in [0.25, 0.3) is 0 Å². The van der Waals surface area contributed by atoms with E-state index in [2.05, 4.69) is 35.8 Å². The van der Waals surface area contributed by atoms with Gasteiger partial charge in [0, 0.05) is 67.8 Å². The third-order valence-corrected chi connectivity index (χ3v) is 11.2. The highest BCUT2D eigenvalue weighted by Crippen LogP contribution is 2.42. The predicted octanol–water partition coefficient (Wildman–Crippen LogP) is 6.43. The molecule has 57 heavy (non-hydrogen) atoms. The molecule has 0 saturated carbocycles. The van der Waals surface area contributed by atoms with E-state index in [1.54, 1.807) is 41.4 Å². The lowest BCUT2D eigenvalue weighted by Crippen LogP contribution is -2.47. The summed E-state index contributed by atoms with van der Waals surface area (Å²) in [6.45, 7) is 5.71. The van der Waals surface area contributed by atoms with Gasteiger partial charge in [-0.25, -0.2) is 9.78 Å². The zero-order valence-electron chi connectivity index (χ0n) is 32.0. The summed E-state index contributed by atoms with van der Waals surface area (Å²) < 4.78 is 6.49. The van der Waals surface area contributed by atoms with Crippen LogP contribution in [-0.4, -0.2) is 64.1 Å². The summed E-state index contributed by atoms with van der Waals surface area (Å²) in [5, 5.41) is 9.89. The fourth-order valence-electron chi connectivity index (χ4n) is 7.60. The number of aromatic nitrogens is 3. The lowest BCUT2D eigenvalue weighted by Gasteiger charge is -2.42. The highest BCUT2D eigenvalue weighted by Gasteiger charge is 2.47. The maximum Gasteiger partial charge on any atom is 0.330 e. The van der Waals surface area contributed by atoms with Crippen LogP contribution >= 0.6 is 11.6 Å². The Morgan fingerprint density at radius 3 is 2.21 bits per heavy atom. The summed E-state index contributed by atoms with van der Waals surface area (Å²) in [4.78, 5) is 60.0. The van der Waals surface area contributed by atoms with Crippen molar-refractivity contribution in [2.75, 3.05) is 35.3 Å². The van der Waals surface area contributed by atoms with Crippen molar-refractivity contribution in [1.82, 2.24) is 30.5 Å². The van der Waals surface area contributed by atoms with E-state index < -0.39 is 11.8 Å². The summed E-state index contributed by atoms with van der Waals surface area (Å²) in [6.07, 6.45) is 3.67. The second kappa shape index (κ2) is 16.3. The first-order valence-corrected chi connectivity index (χ1v) is 19.4. The highest BCUT2D eigenvalue weighted by atomic mass is 35.5. The maximum atomic E-state index is 13.8. The smallest absolute Gasteiger partial charge is 0.330 e. The van der Waals surface area contributed by atoms with Gasteiger partial charge >= 0.3 is 6.03 Å². The minimum absolute atomic E-state index is 0.161. The van der Waals surface area contributed by atoms with Gasteiger partial charge in [-0.05, 0) is 66.4 Å². The number of nitrogens with zero attached hydrogens (tertiary/aromatic N) is 6. The number of likely N-dealkylation sites (tertiary alicyclic amines) is 1. The Kier molecular flexibility index (Phi) is 10.9. The minimum Gasteiger partial charge on any atom is -0.355 e. The summed E-state index contributed by atoms with van der Waals surface area (Å²) in [7, 11) is 1.72. The van der Waals surface area contributed by atoms with Crippen molar-refractivity contribution in [3.8, 4) is 0 Å². The van der Waals surface area contributed by atoms with Crippen molar-refractivity contribution in [3.05, 3.63) is 136 Å². The number of hydrogen-bond acceptors (Lipinski definition) is 9. The molecule has 14 heteroatoms. The van der Waals surface area contributed by atoms with Gasteiger partial charge in [0.25, 0.3) is 0 Å². The van der Waals surface area contributed by atoms with Gasteiger partial charge in [-0.3, -0.25) is 29.3 Å². The highest BCUT2D eigenvalue weighted by molar-refractivity contribution is 6.30. The molecule has 4 amide bonds. The molecule has 3 aliphatic heterocycles. The molecule has 3 N–H and O–H groups in total. The fourth-order valence-corrected chi connectivity index (χ4v) is 7.72. The average molecular weight is 786 g/mol. The Hall–Kier alpha value is -5.89. The first-order valence-electron chi connectivity index (χ1n) is 19.0. The van der Waals surface area contributed by atoms with E-state index in [1.807, 2.05) is 86.6 Å². The monoisotopic (exact) mass is 785 g/mol. The maximum absolute atomic E-state index is 13.8. The Balaban J connectivity index is 0.932. The largest absolute Gasteiger partial charge is 0.355 e. The van der Waals surface area contributed by atoms with E-state index in [-0.39, 0.29) is 30.2 Å². The normalized spacial score (nSPS) is 20.5. The van der Waals surface area contributed by atoms with Crippen LogP contribution < -0.4 is 25.8 Å². The second-order valence-corrected chi connectivity index (χ2v) is 15.3. The van der Waals surface area contributed by atoms with Crippen molar-refractivity contribution in [2.24, 2.45) is 11.8 Å². The number of benzene rings is 3. The number of fused-ring (bicyclic) bond motifs is 1. The zero-order valence-corrected chi connectivity index (χ0v) is 32.7. The molecule has 2 saturated heterocycles. The number of urea groups is 1. The van der Waals surface area contributed by atoms with Gasteiger partial charge in [-0.1, -0.05) is 66.2 Å². The molecule has 5 aromatic rings. The SMILES string of the molecule is Cc1ccc(Nc2ncc3c(n2)N(C)C(=O)N(c2cc(C4CC(N5C[C@@H](C(=O)NCc6ccccc6)[C@H](C(=O)NCc6ccc(Cl)cc6)C5)O4)ccc2C)C3)cn1. The molecule has 292 valence electrons. The van der Waals surface area contributed by atoms with Crippen molar-refractivity contribution in [1.29, 1.82) is 0 Å². The summed E-state index contributed by atoms with van der Waals surface area (Å²) in [5.41, 5.74) is 7.06. The van der Waals surface area contributed by atoms with E-state index in [1.165, 1.54) is 0 Å². The van der Waals surface area contributed by atoms with Gasteiger partial charge < -0.3 is 20.7 Å². The van der Waals surface area contributed by atoms with Gasteiger partial charge in [-0.15, -0.1) is 0 Å². The number of hydrogen-bond donors (Lipinski definition) is 3. The number of rotatable bonds is 11. The van der Waals surface area contributed by atoms with Gasteiger partial charge in [0.1, 0.15) is 12.0 Å². The second-order valence-electron chi connectivity index (χ2n) is 14.9. The Bertz CT molecular complexity index is 2270. The van der Waals surface area contributed by atoms with E-state index in [0.717, 1.165) is 44.9 Å². The lowest BCUT2D eigenvalue weighted by atomic mass is 9.94. The first-order chi connectivity index (χ1) is 27.6. The molecule has 5 heterocycles. The van der Waals surface area contributed by atoms with Gasteiger partial charge in [0.05, 0.1) is 36.4 Å². The van der Waals surface area contributed by atoms with Crippen LogP contribution in [0.5, 0.6) is 0 Å². The summed E-state index contributed by atoms with van der Waals surface area (Å²) in [5.74, 6) is -0.515. The predicted molar refractivity (Wildman–Crippen MR) is 218 cm³/mol. The van der Waals surface area contributed by atoms with E-state index in [4.69, 9.17) is 16.3 Å². The molecule has 0 radical (unpaired) electrons. The molecular weight excluding hydrogens is 742 g/mol. The first kappa shape index (κ1) is 38.0. The molecule has 2 aromatic heterocycles. The van der Waals surface area contributed by atoms with Crippen LogP contribution in [0.15, 0.2) is 97.3 Å². The number of carbonyl (C=O) groups excluding carboxylic acids is 3. The van der Waals surface area contributed by atoms with Gasteiger partial charge in [0.2, 0.25) is 17.8 Å². The number of amides is 4. The molecule has 13 nitrogen and oxygen atoms in total. The fraction of sp³-hybridized carbons (Fsp3) is 0.302. The minimum atomic E-state index is -0.554. The standard InChI is InChI=1S/C43H44ClN9O4/c1-26-9-13-30(17-36(26)53-23-31-21-48-42(50-39(31)51(3)43(53)56)49-33-16-10-27(2)45-22-33)37-18-38(57-37)52-24-34(40(54)46-19-28-7-5-4-6-8-28)35(25-52)41(55)47-20-29-11-14-32(44)15-12-29/h4-17,21-22,34-35,37-38H,18-20,23-25H2,1-3H3,(H,46,54)(H,47,55)(H,48,49,50)/t34-,35-,37?,38?/m1/s1. The number of anilines is 4. The molecule has 4 atom stereocenters. The molecule has 0 spiro atoms.